The van der Waals surface area contributed by atoms with Crippen molar-refractivity contribution in [3.05, 3.63) is 60.2 Å². The number of aromatic nitrogens is 2. The van der Waals surface area contributed by atoms with Crippen LogP contribution in [0.25, 0.3) is 11.4 Å². The topological polar surface area (TPSA) is 91.6 Å². The highest BCUT2D eigenvalue weighted by Gasteiger charge is 2.52. The van der Waals surface area contributed by atoms with Gasteiger partial charge < -0.3 is 9.84 Å². The van der Waals surface area contributed by atoms with Crippen LogP contribution >= 0.6 is 0 Å². The van der Waals surface area contributed by atoms with Crippen LogP contribution < -0.4 is 10.2 Å². The van der Waals surface area contributed by atoms with Gasteiger partial charge in [0.25, 0.3) is 5.91 Å². The zero-order valence-corrected chi connectivity index (χ0v) is 20.0. The number of fused-ring (bicyclic) bond motifs is 1. The molecule has 186 valence electrons. The smallest absolute Gasteiger partial charge is 0.250 e. The lowest BCUT2D eigenvalue weighted by Crippen LogP contribution is -2.62. The maximum Gasteiger partial charge on any atom is 0.250 e. The van der Waals surface area contributed by atoms with Gasteiger partial charge in [0.2, 0.25) is 17.6 Å². The van der Waals surface area contributed by atoms with E-state index in [0.717, 1.165) is 37.9 Å². The van der Waals surface area contributed by atoms with E-state index in [1.54, 1.807) is 17.0 Å². The monoisotopic (exact) mass is 489 g/mol. The van der Waals surface area contributed by atoms with Gasteiger partial charge in [-0.3, -0.25) is 19.4 Å². The predicted molar refractivity (Wildman–Crippen MR) is 132 cm³/mol. The molecule has 1 unspecified atom stereocenters. The highest BCUT2D eigenvalue weighted by atomic mass is 19.1. The first-order valence-corrected chi connectivity index (χ1v) is 12.6. The molecule has 1 saturated carbocycles. The lowest BCUT2D eigenvalue weighted by molar-refractivity contribution is -0.128. The van der Waals surface area contributed by atoms with E-state index in [1.807, 2.05) is 24.3 Å². The number of rotatable bonds is 4. The fourth-order valence-electron chi connectivity index (χ4n) is 5.94. The van der Waals surface area contributed by atoms with Crippen LogP contribution in [-0.2, 0) is 9.59 Å². The molecule has 0 radical (unpaired) electrons. The zero-order valence-electron chi connectivity index (χ0n) is 20.0. The van der Waals surface area contributed by atoms with Gasteiger partial charge in [0, 0.05) is 12.1 Å². The van der Waals surface area contributed by atoms with E-state index in [4.69, 9.17) is 4.52 Å². The third-order valence-electron chi connectivity index (χ3n) is 7.66. The summed E-state index contributed by atoms with van der Waals surface area (Å²) in [6.45, 7) is 1.60. The minimum atomic E-state index is -0.813. The Morgan fingerprint density at radius 3 is 2.81 bits per heavy atom. The summed E-state index contributed by atoms with van der Waals surface area (Å²) in [6.07, 6.45) is 4.96. The molecular formula is C27H28FN5O3. The molecule has 2 aliphatic heterocycles. The largest absolute Gasteiger partial charge is 0.339 e. The molecule has 0 bridgehead atoms. The Balaban J connectivity index is 1.21. The van der Waals surface area contributed by atoms with Crippen LogP contribution in [0.1, 0.15) is 50.3 Å². The quantitative estimate of drug-likeness (QED) is 0.586. The molecule has 9 heteroatoms. The van der Waals surface area contributed by atoms with Gasteiger partial charge in [0.05, 0.1) is 23.8 Å². The number of amides is 2. The Labute approximate surface area is 208 Å². The molecule has 3 aromatic rings. The summed E-state index contributed by atoms with van der Waals surface area (Å²) in [5, 5.41) is 7.08. The summed E-state index contributed by atoms with van der Waals surface area (Å²) < 4.78 is 19.2. The van der Waals surface area contributed by atoms with Gasteiger partial charge >= 0.3 is 0 Å². The summed E-state index contributed by atoms with van der Waals surface area (Å²) in [6, 6.07) is 13.6. The SMILES string of the molecule is O=C(CN1CCCC(c2nc(-c3cccc(F)c3)no2)C1)N1c2ccccc2NC(=O)C12CCCC2. The molecule has 2 fully saturated rings. The van der Waals surface area contributed by atoms with Crippen LogP contribution in [0.3, 0.4) is 0 Å². The molecule has 1 spiro atoms. The Hall–Kier alpha value is -3.59. The van der Waals surface area contributed by atoms with Gasteiger partial charge in [-0.05, 0) is 56.5 Å². The molecule has 3 aliphatic rings. The van der Waals surface area contributed by atoms with Crippen molar-refractivity contribution in [2.45, 2.75) is 50.0 Å². The lowest BCUT2D eigenvalue weighted by atomic mass is 9.89. The molecule has 3 heterocycles. The standard InChI is InChI=1S/C27H28FN5O3/c28-20-9-5-7-18(15-20)24-30-25(36-31-24)19-8-6-14-32(16-19)17-23(34)33-22-11-2-1-10-21(22)29-26(35)27(33)12-3-4-13-27/h1-2,5,7,9-11,15,19H,3-4,6,8,12-14,16-17H2,(H,29,35). The maximum absolute atomic E-state index is 13.8. The Bertz CT molecular complexity index is 1300. The summed E-state index contributed by atoms with van der Waals surface area (Å²) in [4.78, 5) is 35.4. The molecule has 1 aromatic heterocycles. The lowest BCUT2D eigenvalue weighted by Gasteiger charge is -2.45. The number of likely N-dealkylation sites (tertiary alicyclic amines) is 1. The minimum absolute atomic E-state index is 0.0151. The van der Waals surface area contributed by atoms with Crippen LogP contribution in [-0.4, -0.2) is 52.0 Å². The van der Waals surface area contributed by atoms with Crippen molar-refractivity contribution in [3.63, 3.8) is 0 Å². The summed E-state index contributed by atoms with van der Waals surface area (Å²) in [7, 11) is 0. The molecule has 1 N–H and O–H groups in total. The van der Waals surface area contributed by atoms with Gasteiger partial charge in [0.1, 0.15) is 11.4 Å². The number of nitrogens with zero attached hydrogens (tertiary/aromatic N) is 4. The highest BCUT2D eigenvalue weighted by Crippen LogP contribution is 2.45. The van der Waals surface area contributed by atoms with Crippen molar-refractivity contribution in [2.75, 3.05) is 29.9 Å². The first kappa shape index (κ1) is 22.8. The maximum atomic E-state index is 13.8. The first-order valence-electron chi connectivity index (χ1n) is 12.6. The van der Waals surface area contributed by atoms with E-state index >= 15 is 0 Å². The van der Waals surface area contributed by atoms with E-state index in [-0.39, 0.29) is 30.1 Å². The molecule has 2 aromatic carbocycles. The number of piperidine rings is 1. The van der Waals surface area contributed by atoms with Crippen LogP contribution in [0.5, 0.6) is 0 Å². The fourth-order valence-corrected chi connectivity index (χ4v) is 5.94. The average Bonchev–Trinajstić information content (AvgIpc) is 3.56. The molecule has 2 amide bonds. The van der Waals surface area contributed by atoms with Crippen molar-refractivity contribution < 1.29 is 18.5 Å². The molecule has 1 saturated heterocycles. The van der Waals surface area contributed by atoms with E-state index in [2.05, 4.69) is 20.4 Å². The van der Waals surface area contributed by atoms with E-state index in [0.29, 0.717) is 42.4 Å². The van der Waals surface area contributed by atoms with Crippen LogP contribution in [0.2, 0.25) is 0 Å². The number of para-hydroxylation sites is 2. The number of hydrogen-bond donors (Lipinski definition) is 1. The number of hydrogen-bond acceptors (Lipinski definition) is 6. The number of benzene rings is 2. The van der Waals surface area contributed by atoms with Gasteiger partial charge in [-0.1, -0.05) is 42.3 Å². The highest BCUT2D eigenvalue weighted by molar-refractivity contribution is 6.15. The van der Waals surface area contributed by atoms with Gasteiger partial charge in [-0.15, -0.1) is 0 Å². The Kier molecular flexibility index (Phi) is 5.79. The number of halogens is 1. The fraction of sp³-hybridized carbons (Fsp3) is 0.407. The summed E-state index contributed by atoms with van der Waals surface area (Å²) >= 11 is 0. The van der Waals surface area contributed by atoms with Crippen molar-refractivity contribution in [3.8, 4) is 11.4 Å². The third-order valence-corrected chi connectivity index (χ3v) is 7.66. The predicted octanol–water partition coefficient (Wildman–Crippen LogP) is 4.35. The van der Waals surface area contributed by atoms with Crippen LogP contribution in [0.4, 0.5) is 15.8 Å². The number of carbonyl (C=O) groups is 2. The number of carbonyl (C=O) groups excluding carboxylic acids is 2. The van der Waals surface area contributed by atoms with Crippen molar-refractivity contribution in [1.82, 2.24) is 15.0 Å². The normalized spacial score (nSPS) is 21.4. The van der Waals surface area contributed by atoms with Gasteiger partial charge in [0.15, 0.2) is 0 Å². The molecular weight excluding hydrogens is 461 g/mol. The Morgan fingerprint density at radius 2 is 1.97 bits per heavy atom. The minimum Gasteiger partial charge on any atom is -0.339 e. The van der Waals surface area contributed by atoms with E-state index < -0.39 is 5.54 Å². The van der Waals surface area contributed by atoms with E-state index in [9.17, 15) is 14.0 Å². The van der Waals surface area contributed by atoms with Crippen molar-refractivity contribution in [2.24, 2.45) is 0 Å². The third kappa shape index (κ3) is 3.97. The van der Waals surface area contributed by atoms with Gasteiger partial charge in [-0.2, -0.15) is 4.98 Å². The van der Waals surface area contributed by atoms with Gasteiger partial charge in [-0.25, -0.2) is 4.39 Å². The van der Waals surface area contributed by atoms with Crippen molar-refractivity contribution >= 4 is 23.2 Å². The summed E-state index contributed by atoms with van der Waals surface area (Å²) in [5.41, 5.74) is 1.21. The second kappa shape index (κ2) is 9.13. The molecule has 8 nitrogen and oxygen atoms in total. The number of nitrogens with one attached hydrogen (secondary N) is 1. The molecule has 1 aliphatic carbocycles. The van der Waals surface area contributed by atoms with Crippen LogP contribution in [0, 0.1) is 5.82 Å². The molecule has 6 rings (SSSR count). The zero-order chi connectivity index (χ0) is 24.7. The Morgan fingerprint density at radius 1 is 1.14 bits per heavy atom. The molecule has 1 atom stereocenters. The first-order chi connectivity index (χ1) is 17.5. The second-order valence-electron chi connectivity index (χ2n) is 9.98. The van der Waals surface area contributed by atoms with E-state index in [1.165, 1.54) is 12.1 Å². The van der Waals surface area contributed by atoms with Crippen molar-refractivity contribution in [1.29, 1.82) is 0 Å². The van der Waals surface area contributed by atoms with Crippen LogP contribution in [0.15, 0.2) is 53.1 Å². The number of anilines is 2. The average molecular weight is 490 g/mol. The molecule has 36 heavy (non-hydrogen) atoms. The second-order valence-corrected chi connectivity index (χ2v) is 9.98. The summed E-state index contributed by atoms with van der Waals surface area (Å²) in [5.74, 6) is 0.344.